The third-order valence-electron chi connectivity index (χ3n) is 8.38. The molecule has 1 saturated heterocycles. The maximum absolute atomic E-state index is 13.8. The molecule has 6 nitrogen and oxygen atoms in total. The molecule has 210 valence electrons. The van der Waals surface area contributed by atoms with Gasteiger partial charge in [-0.1, -0.05) is 72.3 Å². The number of nitrogens with zero attached hydrogens (tertiary/aromatic N) is 2. The first kappa shape index (κ1) is 27.2. The van der Waals surface area contributed by atoms with E-state index in [-0.39, 0.29) is 23.7 Å². The van der Waals surface area contributed by atoms with Crippen molar-refractivity contribution in [2.24, 2.45) is 16.9 Å². The van der Waals surface area contributed by atoms with Gasteiger partial charge in [-0.3, -0.25) is 9.59 Å². The van der Waals surface area contributed by atoms with Crippen molar-refractivity contribution in [3.8, 4) is 11.5 Å². The van der Waals surface area contributed by atoms with Crippen LogP contribution in [0.4, 0.5) is 0 Å². The van der Waals surface area contributed by atoms with E-state index in [1.807, 2.05) is 67.6 Å². The molecule has 4 aromatic rings. The van der Waals surface area contributed by atoms with Crippen molar-refractivity contribution in [1.82, 2.24) is 5.01 Å². The predicted molar refractivity (Wildman–Crippen MR) is 169 cm³/mol. The lowest BCUT2D eigenvalue weighted by molar-refractivity contribution is -0.139. The maximum atomic E-state index is 13.8. The highest BCUT2D eigenvalue weighted by Gasteiger charge is 2.61. The van der Waals surface area contributed by atoms with Crippen LogP contribution in [0.3, 0.4) is 0 Å². The lowest BCUT2D eigenvalue weighted by Crippen LogP contribution is -2.41. The Hall–Kier alpha value is -3.69. The van der Waals surface area contributed by atoms with Crippen LogP contribution in [0.5, 0.6) is 11.5 Å². The normalized spacial score (nSPS) is 21.8. The van der Waals surface area contributed by atoms with E-state index in [0.717, 1.165) is 36.4 Å². The molecule has 0 saturated carbocycles. The highest BCUT2D eigenvalue weighted by atomic mass is 127. The summed E-state index contributed by atoms with van der Waals surface area (Å²) in [5.74, 6) is -0.559. The van der Waals surface area contributed by atoms with Crippen molar-refractivity contribution in [1.29, 1.82) is 0 Å². The molecule has 42 heavy (non-hydrogen) atoms. The van der Waals surface area contributed by atoms with Crippen LogP contribution < -0.4 is 9.47 Å². The number of hydrogen-bond acceptors (Lipinski definition) is 5. The molecule has 3 aliphatic carbocycles. The summed E-state index contributed by atoms with van der Waals surface area (Å²) < 4.78 is 12.9. The van der Waals surface area contributed by atoms with Crippen molar-refractivity contribution >= 4 is 52.2 Å². The first-order chi connectivity index (χ1) is 20.5. The van der Waals surface area contributed by atoms with Crippen LogP contribution in [-0.2, 0) is 16.2 Å². The van der Waals surface area contributed by atoms with E-state index in [4.69, 9.17) is 21.1 Å². The predicted octanol–water partition coefficient (Wildman–Crippen LogP) is 7.15. The van der Waals surface area contributed by atoms with Gasteiger partial charge >= 0.3 is 0 Å². The first-order valence-electron chi connectivity index (χ1n) is 13.9. The highest BCUT2D eigenvalue weighted by Crippen LogP contribution is 2.61. The average Bonchev–Trinajstić information content (AvgIpc) is 3.26. The number of halogens is 2. The Bertz CT molecular complexity index is 1640. The zero-order chi connectivity index (χ0) is 29.0. The number of amides is 2. The molecule has 0 aromatic heterocycles. The highest BCUT2D eigenvalue weighted by molar-refractivity contribution is 14.1. The van der Waals surface area contributed by atoms with E-state index in [9.17, 15) is 9.59 Å². The van der Waals surface area contributed by atoms with E-state index >= 15 is 0 Å². The van der Waals surface area contributed by atoms with Gasteiger partial charge in [-0.2, -0.15) is 10.1 Å². The summed E-state index contributed by atoms with van der Waals surface area (Å²) in [6.45, 7) is 2.71. The van der Waals surface area contributed by atoms with Crippen molar-refractivity contribution in [3.05, 3.63) is 127 Å². The van der Waals surface area contributed by atoms with Gasteiger partial charge in [0.05, 0.1) is 28.2 Å². The molecule has 1 heterocycles. The van der Waals surface area contributed by atoms with Gasteiger partial charge in [-0.05, 0) is 87.2 Å². The van der Waals surface area contributed by atoms with Crippen molar-refractivity contribution in [2.45, 2.75) is 25.4 Å². The molecule has 2 atom stereocenters. The number of benzene rings is 4. The van der Waals surface area contributed by atoms with Crippen LogP contribution in [0.2, 0.25) is 5.02 Å². The van der Waals surface area contributed by atoms with E-state index in [0.29, 0.717) is 35.3 Å². The van der Waals surface area contributed by atoms with Gasteiger partial charge in [0.1, 0.15) is 6.61 Å². The summed E-state index contributed by atoms with van der Waals surface area (Å²) in [6, 6.07) is 27.6. The molecule has 8 rings (SSSR count). The number of ether oxygens (including phenoxy) is 2. The molecule has 0 N–H and O–H groups in total. The number of carbonyl (C=O) groups excluding carboxylic acids is 2. The van der Waals surface area contributed by atoms with Gasteiger partial charge in [0, 0.05) is 16.9 Å². The summed E-state index contributed by atoms with van der Waals surface area (Å²) in [7, 11) is 0. The Balaban J connectivity index is 1.18. The fourth-order valence-electron chi connectivity index (χ4n) is 6.70. The minimum absolute atomic E-state index is 0.161. The van der Waals surface area contributed by atoms with Gasteiger partial charge in [0.2, 0.25) is 0 Å². The molecule has 1 aliphatic heterocycles. The molecule has 8 heteroatoms. The molecule has 0 unspecified atom stereocenters. The maximum Gasteiger partial charge on any atom is 0.254 e. The first-order valence-corrected chi connectivity index (χ1v) is 15.3. The third-order valence-corrected chi connectivity index (χ3v) is 9.43. The van der Waals surface area contributed by atoms with E-state index in [1.54, 1.807) is 6.21 Å². The summed E-state index contributed by atoms with van der Waals surface area (Å²) in [5, 5.41) is 6.23. The standard InChI is InChI=1S/C34H26ClIN2O4/c1-2-41-27-16-20(15-26(36)32(27)42-18-19-11-13-21(35)14-12-19)17-37-38-33(39)30-28-22-7-3-4-8-23(22)29(31(30)34(38)40)25-10-6-5-9-24(25)28/h3-17,28-31H,2,18H2,1H3/b37-17-/t28?,29?,30-,31-/m0/s1. The molecule has 0 radical (unpaired) electrons. The minimum atomic E-state index is -0.466. The largest absolute Gasteiger partial charge is 0.490 e. The summed E-state index contributed by atoms with van der Waals surface area (Å²) in [4.78, 5) is 27.7. The Morgan fingerprint density at radius 1 is 0.833 bits per heavy atom. The molecule has 2 bridgehead atoms. The number of rotatable bonds is 7. The zero-order valence-electron chi connectivity index (χ0n) is 22.7. The summed E-state index contributed by atoms with van der Waals surface area (Å²) in [5.41, 5.74) is 6.24. The Morgan fingerprint density at radius 2 is 1.38 bits per heavy atom. The number of hydrogen-bond donors (Lipinski definition) is 0. The van der Waals surface area contributed by atoms with Crippen molar-refractivity contribution in [3.63, 3.8) is 0 Å². The molecular weight excluding hydrogens is 663 g/mol. The topological polar surface area (TPSA) is 68.2 Å². The van der Waals surface area contributed by atoms with E-state index in [1.165, 1.54) is 0 Å². The zero-order valence-corrected chi connectivity index (χ0v) is 25.6. The van der Waals surface area contributed by atoms with Crippen LogP contribution in [0.1, 0.15) is 52.1 Å². The Morgan fingerprint density at radius 3 is 1.90 bits per heavy atom. The van der Waals surface area contributed by atoms with E-state index in [2.05, 4.69) is 52.0 Å². The molecular formula is C34H26ClIN2O4. The summed E-state index contributed by atoms with van der Waals surface area (Å²) in [6.07, 6.45) is 1.56. The molecule has 4 aromatic carbocycles. The number of hydrazone groups is 1. The average molecular weight is 689 g/mol. The van der Waals surface area contributed by atoms with Crippen LogP contribution in [0.25, 0.3) is 0 Å². The second-order valence-corrected chi connectivity index (χ2v) is 12.3. The van der Waals surface area contributed by atoms with Crippen LogP contribution in [-0.4, -0.2) is 29.6 Å². The third kappa shape index (κ3) is 4.41. The summed E-state index contributed by atoms with van der Waals surface area (Å²) >= 11 is 8.21. The minimum Gasteiger partial charge on any atom is -0.490 e. The van der Waals surface area contributed by atoms with Gasteiger partial charge in [-0.25, -0.2) is 0 Å². The van der Waals surface area contributed by atoms with Gasteiger partial charge in [-0.15, -0.1) is 0 Å². The number of imide groups is 1. The fraction of sp³-hybridized carbons (Fsp3) is 0.206. The lowest BCUT2D eigenvalue weighted by Gasteiger charge is -2.45. The fourth-order valence-corrected chi connectivity index (χ4v) is 7.61. The number of carbonyl (C=O) groups is 2. The van der Waals surface area contributed by atoms with Crippen LogP contribution in [0.15, 0.2) is 90.0 Å². The monoisotopic (exact) mass is 688 g/mol. The van der Waals surface area contributed by atoms with Crippen molar-refractivity contribution in [2.75, 3.05) is 6.61 Å². The van der Waals surface area contributed by atoms with Crippen LogP contribution >= 0.6 is 34.2 Å². The lowest BCUT2D eigenvalue weighted by atomic mass is 9.55. The van der Waals surface area contributed by atoms with Gasteiger partial charge in [0.25, 0.3) is 11.8 Å². The molecule has 0 spiro atoms. The van der Waals surface area contributed by atoms with Crippen LogP contribution in [0, 0.1) is 15.4 Å². The SMILES string of the molecule is CCOc1cc(/C=N\N2C(=O)[C@H]3C4c5ccccc5C(c5ccccc54)[C@@H]3C2=O)cc(I)c1OCc1ccc(Cl)cc1. The molecule has 1 fully saturated rings. The Labute approximate surface area is 262 Å². The molecule has 4 aliphatic rings. The Kier molecular flexibility index (Phi) is 7.02. The second kappa shape index (κ2) is 10.9. The molecule has 2 amide bonds. The van der Waals surface area contributed by atoms with Gasteiger partial charge < -0.3 is 9.47 Å². The van der Waals surface area contributed by atoms with Gasteiger partial charge in [0.15, 0.2) is 11.5 Å². The van der Waals surface area contributed by atoms with Crippen molar-refractivity contribution < 1.29 is 19.1 Å². The smallest absolute Gasteiger partial charge is 0.254 e. The van der Waals surface area contributed by atoms with E-state index < -0.39 is 11.8 Å². The quantitative estimate of drug-likeness (QED) is 0.118. The second-order valence-electron chi connectivity index (χ2n) is 10.7.